The number of anilines is 1. The molecule has 0 saturated heterocycles. The van der Waals surface area contributed by atoms with E-state index in [-0.39, 0.29) is 23.0 Å². The zero-order valence-corrected chi connectivity index (χ0v) is 22.1. The van der Waals surface area contributed by atoms with Crippen molar-refractivity contribution in [2.24, 2.45) is 0 Å². The summed E-state index contributed by atoms with van der Waals surface area (Å²) < 4.78 is 59.9. The molecule has 0 radical (unpaired) electrons. The highest BCUT2D eigenvalue weighted by molar-refractivity contribution is 7.92. The molecule has 13 heteroatoms. The first-order chi connectivity index (χ1) is 18.1. The van der Waals surface area contributed by atoms with Crippen LogP contribution in [0.3, 0.4) is 0 Å². The average molecular weight is 546 g/mol. The number of amides is 1. The second-order valence-electron chi connectivity index (χ2n) is 8.53. The van der Waals surface area contributed by atoms with Crippen LogP contribution in [0, 0.1) is 0 Å². The summed E-state index contributed by atoms with van der Waals surface area (Å²) in [6.45, 7) is 3.56. The molecule has 0 aliphatic rings. The lowest BCUT2D eigenvalue weighted by Crippen LogP contribution is -2.29. The molecule has 2 aromatic carbocycles. The van der Waals surface area contributed by atoms with E-state index in [0.717, 1.165) is 11.1 Å². The highest BCUT2D eigenvalue weighted by Gasteiger charge is 2.25. The maximum atomic E-state index is 13.3. The Bertz CT molecular complexity index is 1560. The maximum absolute atomic E-state index is 13.3. The number of aromatic nitrogens is 3. The van der Waals surface area contributed by atoms with Crippen LogP contribution in [0.25, 0.3) is 11.0 Å². The van der Waals surface area contributed by atoms with Crippen molar-refractivity contribution in [1.29, 1.82) is 0 Å². The minimum Gasteiger partial charge on any atom is -0.496 e. The fourth-order valence-corrected chi connectivity index (χ4v) is 5.07. The quantitative estimate of drug-likeness (QED) is 0.292. The van der Waals surface area contributed by atoms with Crippen molar-refractivity contribution in [1.82, 2.24) is 20.3 Å². The molecule has 2 N–H and O–H groups in total. The van der Waals surface area contributed by atoms with Crippen LogP contribution >= 0.6 is 0 Å². The monoisotopic (exact) mass is 545 g/mol. The first-order valence-electron chi connectivity index (χ1n) is 11.7. The Morgan fingerprint density at radius 2 is 1.89 bits per heavy atom. The summed E-state index contributed by atoms with van der Waals surface area (Å²) in [5.74, 6) is -0.163. The molecular formula is C25H28FN5O6S. The lowest BCUT2D eigenvalue weighted by atomic mass is 10.1. The van der Waals surface area contributed by atoms with Gasteiger partial charge < -0.3 is 19.3 Å². The maximum Gasteiger partial charge on any atom is 0.266 e. The van der Waals surface area contributed by atoms with Gasteiger partial charge in [-0.1, -0.05) is 18.1 Å². The van der Waals surface area contributed by atoms with Crippen molar-refractivity contribution in [3.63, 3.8) is 0 Å². The highest BCUT2D eigenvalue weighted by Crippen LogP contribution is 2.36. The van der Waals surface area contributed by atoms with Gasteiger partial charge in [0, 0.05) is 18.3 Å². The number of ether oxygens (including phenoxy) is 2. The van der Waals surface area contributed by atoms with E-state index in [1.54, 1.807) is 47.4 Å². The van der Waals surface area contributed by atoms with E-state index in [1.807, 2.05) is 6.92 Å². The molecule has 4 aromatic rings. The number of methoxy groups -OCH3 is 2. The summed E-state index contributed by atoms with van der Waals surface area (Å²) in [6, 6.07) is 8.40. The molecule has 11 nitrogen and oxygen atoms in total. The molecule has 202 valence electrons. The molecule has 0 spiro atoms. The summed E-state index contributed by atoms with van der Waals surface area (Å²) in [7, 11) is -1.21. The van der Waals surface area contributed by atoms with Crippen LogP contribution in [0.2, 0.25) is 0 Å². The number of sulfonamides is 1. The molecule has 0 fully saturated rings. The number of nitrogens with one attached hydrogen (secondary N) is 2. The molecule has 0 unspecified atom stereocenters. The van der Waals surface area contributed by atoms with Gasteiger partial charge in [0.2, 0.25) is 0 Å². The molecule has 1 amide bonds. The molecule has 2 aromatic heterocycles. The van der Waals surface area contributed by atoms with Crippen LogP contribution in [0.4, 0.5) is 10.2 Å². The fourth-order valence-electron chi connectivity index (χ4n) is 3.85. The normalized spacial score (nSPS) is 12.3. The fraction of sp³-hybridized carbons (Fsp3) is 0.320. The lowest BCUT2D eigenvalue weighted by Gasteiger charge is -2.12. The predicted octanol–water partition coefficient (Wildman–Crippen LogP) is 3.43. The third-order valence-corrected chi connectivity index (χ3v) is 7.19. The number of aryl methyl sites for hydroxylation is 1. The van der Waals surface area contributed by atoms with Gasteiger partial charge in [0.15, 0.2) is 17.6 Å². The van der Waals surface area contributed by atoms with Crippen LogP contribution in [0.1, 0.15) is 30.5 Å². The number of rotatable bonds is 11. The third kappa shape index (κ3) is 5.72. The minimum atomic E-state index is -4.07. The summed E-state index contributed by atoms with van der Waals surface area (Å²) in [5.41, 5.74) is 2.58. The van der Waals surface area contributed by atoms with E-state index in [4.69, 9.17) is 14.0 Å². The van der Waals surface area contributed by atoms with Gasteiger partial charge in [-0.25, -0.2) is 12.8 Å². The van der Waals surface area contributed by atoms with E-state index < -0.39 is 22.1 Å². The number of carbonyl (C=O) groups excluding carboxylic acids is 1. The zero-order chi connectivity index (χ0) is 27.4. The van der Waals surface area contributed by atoms with Crippen molar-refractivity contribution in [2.75, 3.05) is 18.9 Å². The van der Waals surface area contributed by atoms with Crippen molar-refractivity contribution < 1.29 is 31.6 Å². The first-order valence-corrected chi connectivity index (χ1v) is 13.2. The second kappa shape index (κ2) is 11.1. The molecule has 0 aliphatic heterocycles. The van der Waals surface area contributed by atoms with Gasteiger partial charge >= 0.3 is 0 Å². The van der Waals surface area contributed by atoms with Crippen LogP contribution < -0.4 is 19.5 Å². The van der Waals surface area contributed by atoms with E-state index in [9.17, 15) is 17.6 Å². The van der Waals surface area contributed by atoms with Gasteiger partial charge in [-0.2, -0.15) is 5.10 Å². The van der Waals surface area contributed by atoms with Gasteiger partial charge in [0.05, 0.1) is 27.0 Å². The SMILES string of the molecule is CCc1ccc(OC)c(S(=O)(=O)Nc2noc3cc(Cn4cc(CNC(=O)[C@H](C)F)cn4)cc(OC)c23)c1. The summed E-state index contributed by atoms with van der Waals surface area (Å²) in [4.78, 5) is 11.4. The summed E-state index contributed by atoms with van der Waals surface area (Å²) in [6.07, 6.45) is 2.35. The van der Waals surface area contributed by atoms with Gasteiger partial charge in [0.1, 0.15) is 21.8 Å². The molecule has 2 heterocycles. The van der Waals surface area contributed by atoms with E-state index in [0.29, 0.717) is 35.2 Å². The number of benzene rings is 2. The number of nitrogens with zero attached hydrogens (tertiary/aromatic N) is 3. The molecule has 38 heavy (non-hydrogen) atoms. The smallest absolute Gasteiger partial charge is 0.266 e. The Balaban J connectivity index is 1.58. The largest absolute Gasteiger partial charge is 0.496 e. The molecule has 4 rings (SSSR count). The van der Waals surface area contributed by atoms with Gasteiger partial charge in [0.25, 0.3) is 15.9 Å². The average Bonchev–Trinajstić information content (AvgIpc) is 3.52. The Kier molecular flexibility index (Phi) is 7.86. The van der Waals surface area contributed by atoms with Gasteiger partial charge in [-0.05, 0) is 48.7 Å². The number of alkyl halides is 1. The zero-order valence-electron chi connectivity index (χ0n) is 21.3. The standard InChI is InChI=1S/C25H28FN5O6S/c1-5-16-6-7-19(35-3)22(10-16)38(33,34)30-24-23-20(36-4)8-17(9-21(23)37-29-24)13-31-14-18(12-28-31)11-27-25(32)15(2)26/h6-10,12,14-15H,5,11,13H2,1-4H3,(H,27,32)(H,29,30)/t15-/m0/s1. The van der Waals surface area contributed by atoms with Crippen molar-refractivity contribution in [2.45, 2.75) is 44.4 Å². The molecular weight excluding hydrogens is 517 g/mol. The second-order valence-corrected chi connectivity index (χ2v) is 10.2. The highest BCUT2D eigenvalue weighted by atomic mass is 32.2. The first kappa shape index (κ1) is 26.9. The molecule has 0 bridgehead atoms. The summed E-state index contributed by atoms with van der Waals surface area (Å²) in [5, 5.41) is 11.1. The predicted molar refractivity (Wildman–Crippen MR) is 137 cm³/mol. The number of carbonyl (C=O) groups is 1. The number of fused-ring (bicyclic) bond motifs is 1. The molecule has 1 atom stereocenters. The lowest BCUT2D eigenvalue weighted by molar-refractivity contribution is -0.125. The summed E-state index contributed by atoms with van der Waals surface area (Å²) >= 11 is 0. The molecule has 0 aliphatic carbocycles. The number of hydrogen-bond acceptors (Lipinski definition) is 8. The Morgan fingerprint density at radius 1 is 1.13 bits per heavy atom. The van der Waals surface area contributed by atoms with Crippen molar-refractivity contribution in [3.05, 3.63) is 59.4 Å². The van der Waals surface area contributed by atoms with E-state index in [1.165, 1.54) is 21.1 Å². The van der Waals surface area contributed by atoms with Crippen molar-refractivity contribution in [3.8, 4) is 11.5 Å². The van der Waals surface area contributed by atoms with E-state index in [2.05, 4.69) is 20.3 Å². The minimum absolute atomic E-state index is 0.0160. The van der Waals surface area contributed by atoms with Crippen molar-refractivity contribution >= 4 is 32.7 Å². The van der Waals surface area contributed by atoms with Crippen LogP contribution in [0.5, 0.6) is 11.5 Å². The van der Waals surface area contributed by atoms with E-state index >= 15 is 0 Å². The van der Waals surface area contributed by atoms with Crippen LogP contribution in [0.15, 0.2) is 52.1 Å². The Labute approximate surface area is 218 Å². The van der Waals surface area contributed by atoms with Crippen LogP contribution in [-0.4, -0.2) is 49.7 Å². The van der Waals surface area contributed by atoms with Gasteiger partial charge in [-0.15, -0.1) is 0 Å². The Hall–Kier alpha value is -4.13. The topological polar surface area (TPSA) is 138 Å². The third-order valence-electron chi connectivity index (χ3n) is 5.83. The van der Waals surface area contributed by atoms with Gasteiger partial charge in [-0.3, -0.25) is 14.2 Å². The number of hydrogen-bond donors (Lipinski definition) is 2. The number of halogens is 1. The Morgan fingerprint density at radius 3 is 2.58 bits per heavy atom. The van der Waals surface area contributed by atoms with Crippen LogP contribution in [-0.2, 0) is 34.3 Å². The molecule has 0 saturated carbocycles.